The summed E-state index contributed by atoms with van der Waals surface area (Å²) in [6.45, 7) is 0.879. The minimum atomic E-state index is 0.142. The lowest BCUT2D eigenvalue weighted by molar-refractivity contribution is 0.144. The second-order valence-corrected chi connectivity index (χ2v) is 7.04. The molecule has 21 heavy (non-hydrogen) atoms. The first-order chi connectivity index (χ1) is 10.3. The monoisotopic (exact) mass is 283 g/mol. The minimum Gasteiger partial charge on any atom is -0.370 e. The van der Waals surface area contributed by atoms with Crippen LogP contribution in [-0.4, -0.2) is 29.0 Å². The number of nitrogens with two attached hydrogens (primary N) is 1. The number of fused-ring (bicyclic) bond motifs is 1. The van der Waals surface area contributed by atoms with E-state index in [1.807, 2.05) is 0 Å². The number of hydrogen-bond donors (Lipinski definition) is 1. The first-order valence-electron chi connectivity index (χ1n) is 8.45. The van der Waals surface area contributed by atoms with E-state index in [-0.39, 0.29) is 5.54 Å². The summed E-state index contributed by atoms with van der Waals surface area (Å²) in [6, 6.07) is 9.49. The van der Waals surface area contributed by atoms with Gasteiger partial charge < -0.3 is 10.6 Å². The lowest BCUT2D eigenvalue weighted by atomic mass is 9.91. The maximum atomic E-state index is 6.33. The van der Waals surface area contributed by atoms with Crippen molar-refractivity contribution in [1.82, 2.24) is 4.90 Å². The SMILES string of the molecule is NC1=NCC2(Cc3ccccc3C2)N1C1CCCCCC1. The molecule has 1 aliphatic heterocycles. The number of rotatable bonds is 1. The minimum absolute atomic E-state index is 0.142. The van der Waals surface area contributed by atoms with Crippen LogP contribution in [0.4, 0.5) is 0 Å². The Hall–Kier alpha value is -1.51. The van der Waals surface area contributed by atoms with Crippen LogP contribution in [0.1, 0.15) is 49.7 Å². The molecule has 0 unspecified atom stereocenters. The van der Waals surface area contributed by atoms with Crippen molar-refractivity contribution < 1.29 is 0 Å². The Morgan fingerprint density at radius 1 is 1.00 bits per heavy atom. The zero-order chi connectivity index (χ0) is 14.3. The number of guanidine groups is 1. The molecular formula is C18H25N3. The summed E-state index contributed by atoms with van der Waals surface area (Å²) < 4.78 is 0. The molecule has 3 heteroatoms. The van der Waals surface area contributed by atoms with Gasteiger partial charge in [0.25, 0.3) is 0 Å². The molecule has 0 atom stereocenters. The summed E-state index contributed by atoms with van der Waals surface area (Å²) >= 11 is 0. The largest absolute Gasteiger partial charge is 0.370 e. The smallest absolute Gasteiger partial charge is 0.192 e. The molecule has 2 N–H and O–H groups in total. The summed E-state index contributed by atoms with van der Waals surface area (Å²) in [5.74, 6) is 0.801. The Morgan fingerprint density at radius 2 is 1.62 bits per heavy atom. The average molecular weight is 283 g/mol. The summed E-state index contributed by atoms with van der Waals surface area (Å²) in [7, 11) is 0. The third kappa shape index (κ3) is 2.14. The maximum absolute atomic E-state index is 6.33. The second kappa shape index (κ2) is 5.04. The van der Waals surface area contributed by atoms with Crippen molar-refractivity contribution in [2.24, 2.45) is 10.7 Å². The van der Waals surface area contributed by atoms with Gasteiger partial charge in [0.15, 0.2) is 5.96 Å². The van der Waals surface area contributed by atoms with E-state index >= 15 is 0 Å². The number of aliphatic imine (C=N–C) groups is 1. The van der Waals surface area contributed by atoms with Gasteiger partial charge in [-0.3, -0.25) is 4.99 Å². The molecule has 112 valence electrons. The van der Waals surface area contributed by atoms with Gasteiger partial charge in [-0.25, -0.2) is 0 Å². The Labute approximate surface area is 127 Å². The van der Waals surface area contributed by atoms with Crippen LogP contribution in [0.15, 0.2) is 29.3 Å². The highest BCUT2D eigenvalue weighted by atomic mass is 15.4. The van der Waals surface area contributed by atoms with Crippen LogP contribution in [-0.2, 0) is 12.8 Å². The molecule has 0 radical (unpaired) electrons. The van der Waals surface area contributed by atoms with Crippen molar-refractivity contribution >= 4 is 5.96 Å². The van der Waals surface area contributed by atoms with Crippen molar-refractivity contribution in [3.63, 3.8) is 0 Å². The Balaban J connectivity index is 1.64. The molecule has 3 aliphatic rings. The molecule has 0 bridgehead atoms. The number of benzene rings is 1. The lowest BCUT2D eigenvalue weighted by Gasteiger charge is -2.41. The van der Waals surface area contributed by atoms with Crippen molar-refractivity contribution in [2.75, 3.05) is 6.54 Å². The van der Waals surface area contributed by atoms with Crippen LogP contribution in [0.5, 0.6) is 0 Å². The molecule has 1 aromatic carbocycles. The molecule has 1 saturated carbocycles. The normalized spacial score (nSPS) is 25.0. The van der Waals surface area contributed by atoms with Gasteiger partial charge in [0.05, 0.1) is 12.1 Å². The molecule has 1 spiro atoms. The highest BCUT2D eigenvalue weighted by Gasteiger charge is 2.48. The first kappa shape index (κ1) is 13.2. The van der Waals surface area contributed by atoms with Gasteiger partial charge >= 0.3 is 0 Å². The highest BCUT2D eigenvalue weighted by Crippen LogP contribution is 2.40. The van der Waals surface area contributed by atoms with Crippen LogP contribution < -0.4 is 5.73 Å². The van der Waals surface area contributed by atoms with Crippen LogP contribution in [0, 0.1) is 0 Å². The fourth-order valence-electron chi connectivity index (χ4n) is 4.67. The van der Waals surface area contributed by atoms with Gasteiger partial charge in [0.2, 0.25) is 0 Å². The Kier molecular flexibility index (Phi) is 3.16. The van der Waals surface area contributed by atoms with E-state index in [0.717, 1.165) is 25.3 Å². The van der Waals surface area contributed by atoms with Crippen LogP contribution >= 0.6 is 0 Å². The average Bonchev–Trinajstić information content (AvgIpc) is 2.87. The summed E-state index contributed by atoms with van der Waals surface area (Å²) in [5.41, 5.74) is 9.47. The predicted molar refractivity (Wildman–Crippen MR) is 86.4 cm³/mol. The fraction of sp³-hybridized carbons (Fsp3) is 0.611. The van der Waals surface area contributed by atoms with Crippen molar-refractivity contribution in [3.05, 3.63) is 35.4 Å². The zero-order valence-corrected chi connectivity index (χ0v) is 12.7. The molecule has 1 heterocycles. The quantitative estimate of drug-likeness (QED) is 0.805. The lowest BCUT2D eigenvalue weighted by Crippen LogP contribution is -2.57. The van der Waals surface area contributed by atoms with Crippen LogP contribution in [0.2, 0.25) is 0 Å². The molecular weight excluding hydrogens is 258 g/mol. The third-order valence-electron chi connectivity index (χ3n) is 5.64. The molecule has 0 aromatic heterocycles. The Bertz CT molecular complexity index is 530. The molecule has 2 aliphatic carbocycles. The number of hydrogen-bond acceptors (Lipinski definition) is 3. The predicted octanol–water partition coefficient (Wildman–Crippen LogP) is 2.88. The standard InChI is InChI=1S/C18H25N3/c19-17-20-13-18(11-14-7-5-6-8-15(14)12-18)21(17)16-9-3-1-2-4-10-16/h5-8,16H,1-4,9-13H2,(H2,19,20). The highest BCUT2D eigenvalue weighted by molar-refractivity contribution is 5.82. The molecule has 1 aromatic rings. The second-order valence-electron chi connectivity index (χ2n) is 7.04. The summed E-state index contributed by atoms with van der Waals surface area (Å²) in [6.07, 6.45) is 10.3. The zero-order valence-electron chi connectivity index (χ0n) is 12.7. The van der Waals surface area contributed by atoms with Crippen molar-refractivity contribution in [3.8, 4) is 0 Å². The van der Waals surface area contributed by atoms with E-state index in [0.29, 0.717) is 6.04 Å². The summed E-state index contributed by atoms with van der Waals surface area (Å²) in [5, 5.41) is 0. The molecule has 3 nitrogen and oxygen atoms in total. The maximum Gasteiger partial charge on any atom is 0.192 e. The van der Waals surface area contributed by atoms with Crippen molar-refractivity contribution in [2.45, 2.75) is 62.9 Å². The van der Waals surface area contributed by atoms with Gasteiger partial charge in [-0.05, 0) is 36.8 Å². The first-order valence-corrected chi connectivity index (χ1v) is 8.45. The van der Waals surface area contributed by atoms with E-state index in [1.165, 1.54) is 49.7 Å². The van der Waals surface area contributed by atoms with Gasteiger partial charge in [-0.2, -0.15) is 0 Å². The molecule has 0 amide bonds. The van der Waals surface area contributed by atoms with Crippen LogP contribution in [0.3, 0.4) is 0 Å². The molecule has 1 fully saturated rings. The number of nitrogens with zero attached hydrogens (tertiary/aromatic N) is 2. The Morgan fingerprint density at radius 3 is 2.24 bits per heavy atom. The summed E-state index contributed by atoms with van der Waals surface area (Å²) in [4.78, 5) is 7.19. The van der Waals surface area contributed by atoms with Gasteiger partial charge in [0, 0.05) is 6.04 Å². The van der Waals surface area contributed by atoms with E-state index in [1.54, 1.807) is 0 Å². The van der Waals surface area contributed by atoms with Gasteiger partial charge in [0.1, 0.15) is 0 Å². The molecule has 4 rings (SSSR count). The van der Waals surface area contributed by atoms with Crippen LogP contribution in [0.25, 0.3) is 0 Å². The molecule has 0 saturated heterocycles. The topological polar surface area (TPSA) is 41.6 Å². The fourth-order valence-corrected chi connectivity index (χ4v) is 4.67. The van der Waals surface area contributed by atoms with E-state index in [4.69, 9.17) is 5.73 Å². The van der Waals surface area contributed by atoms with Gasteiger partial charge in [-0.1, -0.05) is 49.9 Å². The van der Waals surface area contributed by atoms with E-state index in [9.17, 15) is 0 Å². The van der Waals surface area contributed by atoms with Gasteiger partial charge in [-0.15, -0.1) is 0 Å². The third-order valence-corrected chi connectivity index (χ3v) is 5.64. The van der Waals surface area contributed by atoms with Crippen molar-refractivity contribution in [1.29, 1.82) is 0 Å². The van der Waals surface area contributed by atoms with E-state index in [2.05, 4.69) is 34.2 Å². The van der Waals surface area contributed by atoms with E-state index < -0.39 is 0 Å².